The lowest BCUT2D eigenvalue weighted by Crippen LogP contribution is -2.14. The predicted molar refractivity (Wildman–Crippen MR) is 126 cm³/mol. The highest BCUT2D eigenvalue weighted by Crippen LogP contribution is 2.39. The second-order valence-electron chi connectivity index (χ2n) is 8.00. The lowest BCUT2D eigenvalue weighted by atomic mass is 10.0. The van der Waals surface area contributed by atoms with Crippen LogP contribution in [0.25, 0.3) is 33.1 Å². The van der Waals surface area contributed by atoms with E-state index < -0.39 is 15.8 Å². The van der Waals surface area contributed by atoms with Crippen LogP contribution in [-0.4, -0.2) is 17.4 Å². The largest absolute Gasteiger partial charge is 0.268 e. The predicted octanol–water partition coefficient (Wildman–Crippen LogP) is 6.16. The number of rotatable bonds is 3. The Hall–Kier alpha value is -3.51. The Morgan fingerprint density at radius 1 is 0.875 bits per heavy atom. The second kappa shape index (κ2) is 7.28. The van der Waals surface area contributed by atoms with Gasteiger partial charge in [-0.25, -0.2) is 16.8 Å². The van der Waals surface area contributed by atoms with Crippen LogP contribution in [0.5, 0.6) is 0 Å². The minimum Gasteiger partial charge on any atom is -0.251 e. The minimum atomic E-state index is -3.95. The Morgan fingerprint density at radius 2 is 1.59 bits per heavy atom. The molecule has 32 heavy (non-hydrogen) atoms. The number of pyridine rings is 1. The van der Waals surface area contributed by atoms with E-state index in [9.17, 15) is 12.8 Å². The molecule has 3 aromatic carbocycles. The van der Waals surface area contributed by atoms with Gasteiger partial charge in [0, 0.05) is 22.0 Å². The molecule has 0 saturated carbocycles. The molecular formula is C26H21FN2O2S. The maximum atomic E-state index is 14.1. The van der Waals surface area contributed by atoms with Gasteiger partial charge in [-0.2, -0.15) is 0 Å². The van der Waals surface area contributed by atoms with Gasteiger partial charge in [0.1, 0.15) is 5.82 Å². The van der Waals surface area contributed by atoms with E-state index >= 15 is 0 Å². The van der Waals surface area contributed by atoms with Crippen molar-refractivity contribution in [2.75, 3.05) is 0 Å². The van der Waals surface area contributed by atoms with Crippen molar-refractivity contribution in [3.63, 3.8) is 0 Å². The summed E-state index contributed by atoms with van der Waals surface area (Å²) in [5.41, 5.74) is 4.63. The zero-order valence-electron chi connectivity index (χ0n) is 17.9. The summed E-state index contributed by atoms with van der Waals surface area (Å²) in [6.45, 7) is 5.74. The molecule has 0 aliphatic rings. The Morgan fingerprint density at radius 3 is 2.31 bits per heavy atom. The molecule has 0 atom stereocenters. The Kier molecular flexibility index (Phi) is 4.64. The highest BCUT2D eigenvalue weighted by molar-refractivity contribution is 7.90. The molecule has 0 unspecified atom stereocenters. The summed E-state index contributed by atoms with van der Waals surface area (Å²) in [6.07, 6.45) is 0. The van der Waals surface area contributed by atoms with E-state index in [2.05, 4.69) is 0 Å². The first-order valence-corrected chi connectivity index (χ1v) is 11.7. The van der Waals surface area contributed by atoms with Crippen LogP contribution >= 0.6 is 0 Å². The molecule has 0 radical (unpaired) electrons. The number of fused-ring (bicyclic) bond motifs is 3. The third-order valence-corrected chi connectivity index (χ3v) is 7.64. The Balaban J connectivity index is 2.01. The number of nitrogens with zero attached hydrogens (tertiary/aromatic N) is 2. The van der Waals surface area contributed by atoms with Gasteiger partial charge >= 0.3 is 0 Å². The van der Waals surface area contributed by atoms with Crippen molar-refractivity contribution in [2.24, 2.45) is 0 Å². The van der Waals surface area contributed by atoms with Gasteiger partial charge < -0.3 is 0 Å². The van der Waals surface area contributed by atoms with E-state index in [0.717, 1.165) is 27.6 Å². The molecule has 0 saturated heterocycles. The molecule has 0 fully saturated rings. The van der Waals surface area contributed by atoms with E-state index in [4.69, 9.17) is 4.98 Å². The summed E-state index contributed by atoms with van der Waals surface area (Å²) in [5.74, 6) is -0.403. The van der Waals surface area contributed by atoms with Crippen LogP contribution in [-0.2, 0) is 10.0 Å². The molecule has 2 heterocycles. The first-order valence-electron chi connectivity index (χ1n) is 10.3. The first-order chi connectivity index (χ1) is 15.3. The average Bonchev–Trinajstić information content (AvgIpc) is 3.13. The molecule has 6 heteroatoms. The van der Waals surface area contributed by atoms with Gasteiger partial charge in [-0.1, -0.05) is 48.0 Å². The molecule has 0 bridgehead atoms. The summed E-state index contributed by atoms with van der Waals surface area (Å²) < 4.78 is 43.4. The lowest BCUT2D eigenvalue weighted by molar-refractivity contribution is 0.590. The molecular weight excluding hydrogens is 423 g/mol. The molecule has 5 rings (SSSR count). The van der Waals surface area contributed by atoms with E-state index in [-0.39, 0.29) is 4.90 Å². The van der Waals surface area contributed by atoms with Crippen LogP contribution in [0.4, 0.5) is 4.39 Å². The first kappa shape index (κ1) is 20.4. The highest BCUT2D eigenvalue weighted by Gasteiger charge is 2.27. The van der Waals surface area contributed by atoms with Crippen LogP contribution in [0.2, 0.25) is 0 Å². The highest BCUT2D eigenvalue weighted by atomic mass is 32.2. The van der Waals surface area contributed by atoms with Gasteiger partial charge in [0.05, 0.1) is 21.6 Å². The number of aryl methyl sites for hydroxylation is 3. The van der Waals surface area contributed by atoms with Crippen molar-refractivity contribution in [1.29, 1.82) is 0 Å². The van der Waals surface area contributed by atoms with Crippen molar-refractivity contribution < 1.29 is 12.8 Å². The average molecular weight is 445 g/mol. The molecule has 4 nitrogen and oxygen atoms in total. The van der Waals surface area contributed by atoms with Crippen molar-refractivity contribution in [2.45, 2.75) is 25.7 Å². The number of hydrogen-bond donors (Lipinski definition) is 0. The van der Waals surface area contributed by atoms with Crippen molar-refractivity contribution >= 4 is 31.8 Å². The van der Waals surface area contributed by atoms with Gasteiger partial charge in [0.15, 0.2) is 0 Å². The zero-order valence-corrected chi connectivity index (χ0v) is 18.7. The fourth-order valence-corrected chi connectivity index (χ4v) is 5.72. The molecule has 0 aliphatic carbocycles. The van der Waals surface area contributed by atoms with Gasteiger partial charge in [0.25, 0.3) is 10.0 Å². The molecule has 5 aromatic rings. The third kappa shape index (κ3) is 3.02. The summed E-state index contributed by atoms with van der Waals surface area (Å²) in [5, 5.41) is 1.63. The fraction of sp³-hybridized carbons (Fsp3) is 0.115. The van der Waals surface area contributed by atoms with Crippen LogP contribution in [0.1, 0.15) is 16.8 Å². The Bertz CT molecular complexity index is 1620. The standard InChI is InChI=1S/C26H21FN2O2S/c1-16-11-13-21(14-12-16)32(30,31)29-23-10-5-4-9-22(23)24-17(2)18(3)28-25(26(24)29)19-7-6-8-20(27)15-19/h4-15H,1-3H3. The van der Waals surface area contributed by atoms with Crippen LogP contribution < -0.4 is 0 Å². The zero-order chi connectivity index (χ0) is 22.6. The summed E-state index contributed by atoms with van der Waals surface area (Å²) >= 11 is 0. The molecule has 0 spiro atoms. The van der Waals surface area contributed by atoms with E-state index in [1.807, 2.05) is 39.0 Å². The third-order valence-electron chi connectivity index (χ3n) is 5.91. The maximum Gasteiger partial charge on any atom is 0.268 e. The number of halogens is 1. The van der Waals surface area contributed by atoms with Crippen molar-refractivity contribution in [3.8, 4) is 11.3 Å². The van der Waals surface area contributed by atoms with E-state index in [1.54, 1.807) is 42.5 Å². The van der Waals surface area contributed by atoms with Crippen LogP contribution in [0.15, 0.2) is 77.7 Å². The van der Waals surface area contributed by atoms with Gasteiger partial charge in [-0.05, 0) is 56.7 Å². The van der Waals surface area contributed by atoms with Crippen molar-refractivity contribution in [3.05, 3.63) is 95.4 Å². The normalized spacial score (nSPS) is 12.0. The van der Waals surface area contributed by atoms with E-state index in [0.29, 0.717) is 22.3 Å². The topological polar surface area (TPSA) is 52.0 Å². The number of hydrogen-bond acceptors (Lipinski definition) is 3. The quantitative estimate of drug-likeness (QED) is 0.335. The molecule has 0 amide bonds. The minimum absolute atomic E-state index is 0.189. The number of para-hydroxylation sites is 1. The number of benzene rings is 3. The second-order valence-corrected chi connectivity index (χ2v) is 9.79. The monoisotopic (exact) mass is 444 g/mol. The summed E-state index contributed by atoms with van der Waals surface area (Å²) in [6, 6.07) is 20.3. The molecule has 0 aliphatic heterocycles. The van der Waals surface area contributed by atoms with Crippen LogP contribution in [0.3, 0.4) is 0 Å². The molecule has 2 aromatic heterocycles. The Labute approximate surface area is 186 Å². The van der Waals surface area contributed by atoms with Crippen LogP contribution in [0, 0.1) is 26.6 Å². The van der Waals surface area contributed by atoms with Gasteiger partial charge in [-0.15, -0.1) is 0 Å². The van der Waals surface area contributed by atoms with E-state index in [1.165, 1.54) is 16.1 Å². The number of aromatic nitrogens is 2. The summed E-state index contributed by atoms with van der Waals surface area (Å²) in [7, 11) is -3.95. The SMILES string of the molecule is Cc1ccc(S(=O)(=O)n2c3ccccc3c3c(C)c(C)nc(-c4cccc(F)c4)c32)cc1. The molecule has 0 N–H and O–H groups in total. The van der Waals surface area contributed by atoms with Gasteiger partial charge in [-0.3, -0.25) is 4.98 Å². The summed E-state index contributed by atoms with van der Waals surface area (Å²) in [4.78, 5) is 4.93. The van der Waals surface area contributed by atoms with Crippen molar-refractivity contribution in [1.82, 2.24) is 8.96 Å². The van der Waals surface area contributed by atoms with Gasteiger partial charge in [0.2, 0.25) is 0 Å². The lowest BCUT2D eigenvalue weighted by Gasteiger charge is -2.14. The maximum absolute atomic E-state index is 14.1. The smallest absolute Gasteiger partial charge is 0.251 e. The fourth-order valence-electron chi connectivity index (χ4n) is 4.19. The molecule has 160 valence electrons.